The van der Waals surface area contributed by atoms with Crippen molar-refractivity contribution in [3.05, 3.63) is 30.3 Å². The van der Waals surface area contributed by atoms with Gasteiger partial charge in [-0.05, 0) is 36.6 Å². The molecule has 0 radical (unpaired) electrons. The van der Waals surface area contributed by atoms with E-state index < -0.39 is 0 Å². The third kappa shape index (κ3) is 6.75. The topological polar surface area (TPSA) is 24.1 Å². The summed E-state index contributed by atoms with van der Waals surface area (Å²) in [7, 11) is 0. The number of thioether (sulfide) groups is 1. The highest BCUT2D eigenvalue weighted by atomic mass is 32.2. The van der Waals surface area contributed by atoms with E-state index in [1.54, 1.807) is 0 Å². The van der Waals surface area contributed by atoms with E-state index in [-0.39, 0.29) is 0 Å². The summed E-state index contributed by atoms with van der Waals surface area (Å²) in [4.78, 5) is 0. The van der Waals surface area contributed by atoms with Crippen molar-refractivity contribution in [3.8, 4) is 0 Å². The van der Waals surface area contributed by atoms with Crippen molar-refractivity contribution in [1.82, 2.24) is 5.32 Å². The predicted octanol–water partition coefficient (Wildman–Crippen LogP) is 2.83. The van der Waals surface area contributed by atoms with Crippen LogP contribution in [0.15, 0.2) is 30.3 Å². The molecule has 1 rings (SSSR count). The van der Waals surface area contributed by atoms with Gasteiger partial charge in [0.2, 0.25) is 0 Å². The van der Waals surface area contributed by atoms with Crippen LogP contribution in [-0.4, -0.2) is 31.1 Å². The van der Waals surface area contributed by atoms with Gasteiger partial charge in [0, 0.05) is 18.8 Å². The smallest absolute Gasteiger partial charge is 0.0340 e. The molecular formula is C13H22N2S. The lowest BCUT2D eigenvalue weighted by Crippen LogP contribution is -2.23. The molecule has 2 N–H and O–H groups in total. The molecule has 0 unspecified atom stereocenters. The normalized spacial score (nSPS) is 10.3. The summed E-state index contributed by atoms with van der Waals surface area (Å²) in [6.07, 6.45) is 1.27. The summed E-state index contributed by atoms with van der Waals surface area (Å²) < 4.78 is 0. The van der Waals surface area contributed by atoms with Crippen molar-refractivity contribution in [2.24, 2.45) is 0 Å². The standard InChI is InChI=1S/C13H22N2S/c1-2-16-12-6-9-14-10-11-15-13-7-4-3-5-8-13/h3-5,7-8,14-15H,2,6,9-12H2,1H3. The molecule has 2 nitrogen and oxygen atoms in total. The predicted molar refractivity (Wildman–Crippen MR) is 75.4 cm³/mol. The molecule has 0 fully saturated rings. The summed E-state index contributed by atoms with van der Waals surface area (Å²) in [5, 5.41) is 6.82. The quantitative estimate of drug-likeness (QED) is 0.647. The van der Waals surface area contributed by atoms with Gasteiger partial charge in [-0.3, -0.25) is 0 Å². The Balaban J connectivity index is 1.89. The second-order valence-electron chi connectivity index (χ2n) is 3.59. The summed E-state index contributed by atoms with van der Waals surface area (Å²) in [5.41, 5.74) is 1.20. The number of para-hydroxylation sites is 1. The Morgan fingerprint density at radius 3 is 2.62 bits per heavy atom. The van der Waals surface area contributed by atoms with Gasteiger partial charge in [-0.2, -0.15) is 11.8 Å². The van der Waals surface area contributed by atoms with Gasteiger partial charge in [0.05, 0.1) is 0 Å². The molecule has 1 aromatic rings. The van der Waals surface area contributed by atoms with Gasteiger partial charge < -0.3 is 10.6 Å². The van der Waals surface area contributed by atoms with Crippen LogP contribution in [0.2, 0.25) is 0 Å². The largest absolute Gasteiger partial charge is 0.384 e. The summed E-state index contributed by atoms with van der Waals surface area (Å²) in [6.45, 7) is 5.36. The van der Waals surface area contributed by atoms with E-state index in [2.05, 4.69) is 41.8 Å². The number of hydrogen-bond donors (Lipinski definition) is 2. The van der Waals surface area contributed by atoms with Crippen LogP contribution in [0.3, 0.4) is 0 Å². The molecule has 16 heavy (non-hydrogen) atoms. The first-order valence-corrected chi connectivity index (χ1v) is 7.16. The molecule has 0 heterocycles. The van der Waals surface area contributed by atoms with Crippen molar-refractivity contribution in [2.45, 2.75) is 13.3 Å². The van der Waals surface area contributed by atoms with E-state index in [1.807, 2.05) is 17.8 Å². The highest BCUT2D eigenvalue weighted by molar-refractivity contribution is 7.99. The van der Waals surface area contributed by atoms with Gasteiger partial charge in [-0.1, -0.05) is 25.1 Å². The minimum Gasteiger partial charge on any atom is -0.384 e. The van der Waals surface area contributed by atoms with Crippen molar-refractivity contribution in [2.75, 3.05) is 36.5 Å². The van der Waals surface area contributed by atoms with Crippen LogP contribution in [0.5, 0.6) is 0 Å². The number of hydrogen-bond acceptors (Lipinski definition) is 3. The van der Waals surface area contributed by atoms with Crippen LogP contribution in [0.4, 0.5) is 5.69 Å². The third-order valence-corrected chi connectivity index (χ3v) is 3.24. The average Bonchev–Trinajstić information content (AvgIpc) is 2.34. The van der Waals surface area contributed by atoms with Gasteiger partial charge >= 0.3 is 0 Å². The molecule has 90 valence electrons. The van der Waals surface area contributed by atoms with Crippen LogP contribution in [0.25, 0.3) is 0 Å². The fourth-order valence-electron chi connectivity index (χ4n) is 1.42. The Morgan fingerprint density at radius 2 is 1.88 bits per heavy atom. The zero-order valence-electron chi connectivity index (χ0n) is 10.0. The number of anilines is 1. The van der Waals surface area contributed by atoms with E-state index in [4.69, 9.17) is 0 Å². The first-order chi connectivity index (χ1) is 7.93. The Bertz CT molecular complexity index is 251. The molecule has 0 amide bonds. The maximum absolute atomic E-state index is 3.44. The zero-order chi connectivity index (χ0) is 11.5. The second kappa shape index (κ2) is 9.55. The molecule has 0 aliphatic rings. The van der Waals surface area contributed by atoms with Crippen LogP contribution >= 0.6 is 11.8 Å². The molecule has 1 aromatic carbocycles. The van der Waals surface area contributed by atoms with Gasteiger partial charge in [0.1, 0.15) is 0 Å². The van der Waals surface area contributed by atoms with Crippen molar-refractivity contribution >= 4 is 17.4 Å². The molecular weight excluding hydrogens is 216 g/mol. The molecule has 0 saturated heterocycles. The van der Waals surface area contributed by atoms with E-state index in [9.17, 15) is 0 Å². The minimum absolute atomic E-state index is 0.991. The lowest BCUT2D eigenvalue weighted by molar-refractivity contribution is 0.691. The molecule has 0 saturated carbocycles. The summed E-state index contributed by atoms with van der Waals surface area (Å²) >= 11 is 2.01. The Kier molecular flexibility index (Phi) is 7.99. The zero-order valence-corrected chi connectivity index (χ0v) is 10.9. The average molecular weight is 238 g/mol. The highest BCUT2D eigenvalue weighted by Crippen LogP contribution is 2.03. The first kappa shape index (κ1) is 13.4. The van der Waals surface area contributed by atoms with Crippen molar-refractivity contribution < 1.29 is 0 Å². The Hall–Kier alpha value is -0.670. The monoisotopic (exact) mass is 238 g/mol. The Morgan fingerprint density at radius 1 is 1.06 bits per heavy atom. The molecule has 0 spiro atoms. The fraction of sp³-hybridized carbons (Fsp3) is 0.538. The molecule has 0 aromatic heterocycles. The maximum Gasteiger partial charge on any atom is 0.0340 e. The molecule has 0 aliphatic carbocycles. The molecule has 0 atom stereocenters. The SMILES string of the molecule is CCSCCCNCCNc1ccccc1. The van der Waals surface area contributed by atoms with Crippen molar-refractivity contribution in [1.29, 1.82) is 0 Å². The Labute approximate surface area is 103 Å². The summed E-state index contributed by atoms with van der Waals surface area (Å²) in [5.74, 6) is 2.51. The van der Waals surface area contributed by atoms with Crippen LogP contribution in [0, 0.1) is 0 Å². The van der Waals surface area contributed by atoms with E-state index in [1.165, 1.54) is 23.6 Å². The van der Waals surface area contributed by atoms with Gasteiger partial charge in [0.25, 0.3) is 0 Å². The van der Waals surface area contributed by atoms with E-state index in [0.29, 0.717) is 0 Å². The van der Waals surface area contributed by atoms with Crippen LogP contribution in [0.1, 0.15) is 13.3 Å². The third-order valence-electron chi connectivity index (χ3n) is 2.25. The first-order valence-electron chi connectivity index (χ1n) is 6.01. The van der Waals surface area contributed by atoms with Gasteiger partial charge in [-0.25, -0.2) is 0 Å². The molecule has 0 aliphatic heterocycles. The number of rotatable bonds is 9. The van der Waals surface area contributed by atoms with Crippen LogP contribution in [-0.2, 0) is 0 Å². The summed E-state index contributed by atoms with van der Waals surface area (Å²) in [6, 6.07) is 10.3. The maximum atomic E-state index is 3.44. The second-order valence-corrected chi connectivity index (χ2v) is 4.99. The van der Waals surface area contributed by atoms with Gasteiger partial charge in [0.15, 0.2) is 0 Å². The molecule has 0 bridgehead atoms. The number of benzene rings is 1. The van der Waals surface area contributed by atoms with Crippen molar-refractivity contribution in [3.63, 3.8) is 0 Å². The molecule has 3 heteroatoms. The number of nitrogens with one attached hydrogen (secondary N) is 2. The lowest BCUT2D eigenvalue weighted by atomic mass is 10.3. The van der Waals surface area contributed by atoms with E-state index >= 15 is 0 Å². The lowest BCUT2D eigenvalue weighted by Gasteiger charge is -2.07. The van der Waals surface area contributed by atoms with Gasteiger partial charge in [-0.15, -0.1) is 0 Å². The minimum atomic E-state index is 0.991. The highest BCUT2D eigenvalue weighted by Gasteiger charge is 1.90. The fourth-order valence-corrected chi connectivity index (χ4v) is 2.06. The van der Waals surface area contributed by atoms with Crippen LogP contribution < -0.4 is 10.6 Å². The van der Waals surface area contributed by atoms with E-state index in [0.717, 1.165) is 19.6 Å².